The van der Waals surface area contributed by atoms with Gasteiger partial charge in [-0.3, -0.25) is 4.79 Å². The third-order valence-electron chi connectivity index (χ3n) is 5.39. The first-order valence-corrected chi connectivity index (χ1v) is 9.93. The summed E-state index contributed by atoms with van der Waals surface area (Å²) in [5.74, 6) is -0.479. The number of azide groups is 1. The van der Waals surface area contributed by atoms with Gasteiger partial charge in [0.1, 0.15) is 11.1 Å². The van der Waals surface area contributed by atoms with E-state index in [0.717, 1.165) is 49.7 Å². The molecule has 2 aliphatic rings. The average molecular weight is 397 g/mol. The second-order valence-corrected chi connectivity index (χ2v) is 7.25. The van der Waals surface area contributed by atoms with Crippen molar-refractivity contribution in [3.8, 4) is 0 Å². The van der Waals surface area contributed by atoms with Gasteiger partial charge in [0.15, 0.2) is 0 Å². The number of anilines is 1. The van der Waals surface area contributed by atoms with E-state index < -0.39 is 11.5 Å². The molecule has 0 saturated heterocycles. The van der Waals surface area contributed by atoms with Crippen molar-refractivity contribution in [3.63, 3.8) is 0 Å². The first kappa shape index (κ1) is 19.3. The minimum absolute atomic E-state index is 0.00204. The van der Waals surface area contributed by atoms with Gasteiger partial charge in [-0.2, -0.15) is 0 Å². The zero-order chi connectivity index (χ0) is 20.2. The van der Waals surface area contributed by atoms with E-state index in [2.05, 4.69) is 26.3 Å². The lowest BCUT2D eigenvalue weighted by Crippen LogP contribution is -2.35. The number of aryl methyl sites for hydroxylation is 2. The van der Waals surface area contributed by atoms with Crippen molar-refractivity contribution in [2.75, 3.05) is 44.3 Å². The molecule has 1 aromatic carbocycles. The minimum Gasteiger partial charge on any atom is -0.422 e. The number of carbonyl (C=O) groups is 1. The van der Waals surface area contributed by atoms with Gasteiger partial charge < -0.3 is 19.4 Å². The Labute approximate surface area is 167 Å². The Bertz CT molecular complexity index is 1040. The van der Waals surface area contributed by atoms with Gasteiger partial charge in [0, 0.05) is 47.7 Å². The van der Waals surface area contributed by atoms with Crippen molar-refractivity contribution < 1.29 is 13.9 Å². The summed E-state index contributed by atoms with van der Waals surface area (Å²) in [4.78, 5) is 30.0. The fourth-order valence-corrected chi connectivity index (χ4v) is 4.19. The van der Waals surface area contributed by atoms with Gasteiger partial charge in [-0.25, -0.2) is 4.79 Å². The maximum atomic E-state index is 12.5. The largest absolute Gasteiger partial charge is 0.422 e. The van der Waals surface area contributed by atoms with Crippen LogP contribution in [0.25, 0.3) is 21.4 Å². The van der Waals surface area contributed by atoms with Crippen molar-refractivity contribution in [1.29, 1.82) is 0 Å². The van der Waals surface area contributed by atoms with Crippen LogP contribution in [-0.2, 0) is 17.6 Å². The van der Waals surface area contributed by atoms with Crippen LogP contribution in [0.3, 0.4) is 0 Å². The number of nitrogens with zero attached hydrogens (tertiary/aromatic N) is 4. The van der Waals surface area contributed by atoms with Crippen LogP contribution in [-0.4, -0.2) is 45.3 Å². The highest BCUT2D eigenvalue weighted by molar-refractivity contribution is 5.98. The standard InChI is InChI=1S/C20H23N5O4/c21-24-23-6-10-28-9-5-22-19(26)16-12-14-11-13-3-1-7-25-8-2-4-15(17(13)25)18(14)29-20(16)27/h11-12H,1-10H2,(H,22,26). The van der Waals surface area contributed by atoms with E-state index in [0.29, 0.717) is 5.58 Å². The van der Waals surface area contributed by atoms with Gasteiger partial charge in [0.2, 0.25) is 0 Å². The molecule has 0 atom stereocenters. The average Bonchev–Trinajstić information content (AvgIpc) is 2.73. The maximum absolute atomic E-state index is 12.5. The van der Waals surface area contributed by atoms with Crippen LogP contribution in [0.4, 0.5) is 5.69 Å². The van der Waals surface area contributed by atoms with E-state index in [1.165, 1.54) is 11.3 Å². The molecule has 0 saturated carbocycles. The predicted molar refractivity (Wildman–Crippen MR) is 109 cm³/mol. The third kappa shape index (κ3) is 3.92. The molecule has 1 amide bonds. The van der Waals surface area contributed by atoms with E-state index >= 15 is 0 Å². The summed E-state index contributed by atoms with van der Waals surface area (Å²) in [6.07, 6.45) is 4.04. The molecule has 29 heavy (non-hydrogen) atoms. The molecule has 0 fully saturated rings. The summed E-state index contributed by atoms with van der Waals surface area (Å²) >= 11 is 0. The molecule has 0 unspecified atom stereocenters. The number of carbonyl (C=O) groups excluding carboxylic acids is 1. The number of benzene rings is 1. The lowest BCUT2D eigenvalue weighted by Gasteiger charge is -2.37. The summed E-state index contributed by atoms with van der Waals surface area (Å²) < 4.78 is 10.9. The van der Waals surface area contributed by atoms with E-state index in [4.69, 9.17) is 14.7 Å². The van der Waals surface area contributed by atoms with Gasteiger partial charge in [-0.1, -0.05) is 5.11 Å². The van der Waals surface area contributed by atoms with Crippen LogP contribution in [0, 0.1) is 0 Å². The lowest BCUT2D eigenvalue weighted by atomic mass is 9.90. The number of fused-ring (bicyclic) bond motifs is 2. The van der Waals surface area contributed by atoms with Crippen molar-refractivity contribution in [2.45, 2.75) is 25.7 Å². The van der Waals surface area contributed by atoms with Gasteiger partial charge in [0.25, 0.3) is 5.91 Å². The molecule has 0 spiro atoms. The number of hydrogen-bond acceptors (Lipinski definition) is 6. The minimum atomic E-state index is -0.622. The Morgan fingerprint density at radius 2 is 2.10 bits per heavy atom. The Morgan fingerprint density at radius 1 is 1.28 bits per heavy atom. The van der Waals surface area contributed by atoms with Crippen LogP contribution >= 0.6 is 0 Å². The molecular formula is C20H23N5O4. The highest BCUT2D eigenvalue weighted by atomic mass is 16.5. The number of nitrogens with one attached hydrogen (secondary N) is 1. The first-order chi connectivity index (χ1) is 14.2. The maximum Gasteiger partial charge on any atom is 0.349 e. The summed E-state index contributed by atoms with van der Waals surface area (Å²) in [6, 6.07) is 3.70. The Morgan fingerprint density at radius 3 is 2.93 bits per heavy atom. The number of amides is 1. The van der Waals surface area contributed by atoms with Crippen molar-refractivity contribution in [1.82, 2.24) is 5.32 Å². The summed E-state index contributed by atoms with van der Waals surface area (Å²) in [5.41, 5.74) is 11.8. The van der Waals surface area contributed by atoms with Gasteiger partial charge in [0.05, 0.1) is 13.2 Å². The van der Waals surface area contributed by atoms with E-state index in [9.17, 15) is 9.59 Å². The normalized spacial score (nSPS) is 15.0. The zero-order valence-electron chi connectivity index (χ0n) is 16.1. The van der Waals surface area contributed by atoms with Crippen LogP contribution in [0.5, 0.6) is 0 Å². The highest BCUT2D eigenvalue weighted by Gasteiger charge is 2.27. The van der Waals surface area contributed by atoms with Crippen molar-refractivity contribution >= 4 is 22.6 Å². The Hall–Kier alpha value is -3.03. The van der Waals surface area contributed by atoms with Crippen LogP contribution < -0.4 is 15.8 Å². The van der Waals surface area contributed by atoms with E-state index in [1.54, 1.807) is 6.07 Å². The van der Waals surface area contributed by atoms with Crippen molar-refractivity contribution in [3.05, 3.63) is 49.7 Å². The molecule has 9 heteroatoms. The number of hydrogen-bond donors (Lipinski definition) is 1. The van der Waals surface area contributed by atoms with Gasteiger partial charge in [-0.05, 0) is 48.9 Å². The van der Waals surface area contributed by atoms with E-state index in [1.807, 2.05) is 0 Å². The molecule has 3 heterocycles. The summed E-state index contributed by atoms with van der Waals surface area (Å²) in [6.45, 7) is 3.12. The number of rotatable bonds is 7. The SMILES string of the molecule is [N-]=[N+]=NCCOCCNC(=O)c1cc2cc3c4c(c2oc1=O)CCCN4CCC3. The van der Waals surface area contributed by atoms with Crippen LogP contribution in [0.1, 0.15) is 34.3 Å². The molecule has 1 aromatic heterocycles. The molecule has 9 nitrogen and oxygen atoms in total. The Kier molecular flexibility index (Phi) is 5.69. The van der Waals surface area contributed by atoms with Crippen LogP contribution in [0.2, 0.25) is 0 Å². The molecule has 2 aromatic rings. The molecule has 0 radical (unpaired) electrons. The quantitative estimate of drug-likeness (QED) is 0.253. The summed E-state index contributed by atoms with van der Waals surface area (Å²) in [7, 11) is 0. The van der Waals surface area contributed by atoms with Gasteiger partial charge >= 0.3 is 5.63 Å². The smallest absolute Gasteiger partial charge is 0.349 e. The molecule has 0 aliphatic carbocycles. The predicted octanol–water partition coefficient (Wildman–Crippen LogP) is 2.55. The highest BCUT2D eigenvalue weighted by Crippen LogP contribution is 2.39. The van der Waals surface area contributed by atoms with Gasteiger partial charge in [-0.15, -0.1) is 0 Å². The molecule has 0 bridgehead atoms. The molecular weight excluding hydrogens is 374 g/mol. The second kappa shape index (κ2) is 8.55. The van der Waals surface area contributed by atoms with Crippen LogP contribution in [0.15, 0.2) is 26.5 Å². The van der Waals surface area contributed by atoms with Crippen molar-refractivity contribution in [2.24, 2.45) is 5.11 Å². The third-order valence-corrected chi connectivity index (χ3v) is 5.39. The fourth-order valence-electron chi connectivity index (χ4n) is 4.19. The molecule has 1 N–H and O–H groups in total. The lowest BCUT2D eigenvalue weighted by molar-refractivity contribution is 0.0916. The first-order valence-electron chi connectivity index (χ1n) is 9.93. The van der Waals surface area contributed by atoms with E-state index in [-0.39, 0.29) is 31.9 Å². The monoisotopic (exact) mass is 397 g/mol. The summed E-state index contributed by atoms with van der Waals surface area (Å²) in [5, 5.41) is 6.83. The Balaban J connectivity index is 1.53. The zero-order valence-corrected chi connectivity index (χ0v) is 16.1. The second-order valence-electron chi connectivity index (χ2n) is 7.25. The molecule has 2 aliphatic heterocycles. The fraction of sp³-hybridized carbons (Fsp3) is 0.500. The number of ether oxygens (including phenoxy) is 1. The topological polar surface area (TPSA) is 121 Å². The molecule has 152 valence electrons. The molecule has 4 rings (SSSR count).